The van der Waals surface area contributed by atoms with Gasteiger partial charge in [-0.1, -0.05) is 6.92 Å². The van der Waals surface area contributed by atoms with Crippen LogP contribution in [-0.4, -0.2) is 42.8 Å². The number of alkyl halides is 3. The average molecular weight is 255 g/mol. The Kier molecular flexibility index (Phi) is 6.52. The second kappa shape index (κ2) is 6.83. The average Bonchev–Trinajstić information content (AvgIpc) is 2.14. The molecule has 0 fully saturated rings. The van der Waals surface area contributed by atoms with Gasteiger partial charge in [0.15, 0.2) is 0 Å². The number of hydrogen-bond donors (Lipinski definition) is 0. The monoisotopic (exact) mass is 255 g/mol. The first-order valence-corrected chi connectivity index (χ1v) is 5.64. The van der Waals surface area contributed by atoms with Gasteiger partial charge in [0.05, 0.1) is 19.1 Å². The van der Waals surface area contributed by atoms with Gasteiger partial charge in [-0.2, -0.15) is 13.2 Å². The van der Waals surface area contributed by atoms with E-state index in [0.29, 0.717) is 0 Å². The zero-order chi connectivity index (χ0) is 13.6. The number of carbonyl (C=O) groups excluding carboxylic acids is 1. The van der Waals surface area contributed by atoms with Gasteiger partial charge in [-0.3, -0.25) is 9.69 Å². The van der Waals surface area contributed by atoms with Crippen molar-refractivity contribution in [3.8, 4) is 0 Å². The van der Waals surface area contributed by atoms with Crippen molar-refractivity contribution >= 4 is 5.97 Å². The van der Waals surface area contributed by atoms with Crippen molar-refractivity contribution in [1.29, 1.82) is 0 Å². The van der Waals surface area contributed by atoms with Crippen molar-refractivity contribution in [3.63, 3.8) is 0 Å². The van der Waals surface area contributed by atoms with E-state index in [2.05, 4.69) is 0 Å². The van der Waals surface area contributed by atoms with Crippen LogP contribution < -0.4 is 0 Å². The van der Waals surface area contributed by atoms with E-state index in [1.165, 1.54) is 4.90 Å². The van der Waals surface area contributed by atoms with Gasteiger partial charge in [0.1, 0.15) is 0 Å². The van der Waals surface area contributed by atoms with Gasteiger partial charge in [0, 0.05) is 12.6 Å². The summed E-state index contributed by atoms with van der Waals surface area (Å²) in [4.78, 5) is 12.6. The molecule has 102 valence electrons. The second-order valence-electron chi connectivity index (χ2n) is 4.29. The molecule has 0 bridgehead atoms. The summed E-state index contributed by atoms with van der Waals surface area (Å²) >= 11 is 0. The fraction of sp³-hybridized carbons (Fsp3) is 0.909. The number of rotatable bonds is 6. The molecule has 0 rings (SSSR count). The molecule has 3 nitrogen and oxygen atoms in total. The molecule has 0 aliphatic rings. The minimum absolute atomic E-state index is 0.0516. The molecule has 1 atom stereocenters. The largest absolute Gasteiger partial charge is 0.466 e. The molecule has 0 spiro atoms. The van der Waals surface area contributed by atoms with Crippen LogP contribution in [0.2, 0.25) is 0 Å². The Labute approximate surface area is 99.9 Å². The predicted octanol–water partition coefficient (Wildman–Crippen LogP) is 2.46. The Morgan fingerprint density at radius 2 is 1.82 bits per heavy atom. The first kappa shape index (κ1) is 16.2. The lowest BCUT2D eigenvalue weighted by atomic mass is 10.1. The van der Waals surface area contributed by atoms with E-state index in [4.69, 9.17) is 4.74 Å². The van der Waals surface area contributed by atoms with Gasteiger partial charge in [0.2, 0.25) is 0 Å². The van der Waals surface area contributed by atoms with Crippen LogP contribution in [-0.2, 0) is 9.53 Å². The molecule has 0 aliphatic carbocycles. The summed E-state index contributed by atoms with van der Waals surface area (Å²) in [6, 6.07) is -0.270. The molecule has 0 aromatic heterocycles. The molecule has 0 heterocycles. The molecule has 0 amide bonds. The third kappa shape index (κ3) is 7.20. The van der Waals surface area contributed by atoms with E-state index >= 15 is 0 Å². The number of ether oxygens (including phenoxy) is 1. The fourth-order valence-electron chi connectivity index (χ4n) is 1.40. The molecule has 0 saturated heterocycles. The molecular weight excluding hydrogens is 235 g/mol. The number of carbonyl (C=O) groups is 1. The van der Waals surface area contributed by atoms with Crippen LogP contribution >= 0.6 is 0 Å². The predicted molar refractivity (Wildman–Crippen MR) is 58.6 cm³/mol. The Bertz CT molecular complexity index is 241. The van der Waals surface area contributed by atoms with E-state index in [1.54, 1.807) is 27.7 Å². The van der Waals surface area contributed by atoms with Crippen LogP contribution in [0.25, 0.3) is 0 Å². The maximum absolute atomic E-state index is 12.3. The maximum atomic E-state index is 12.3. The highest BCUT2D eigenvalue weighted by molar-refractivity contribution is 5.72. The van der Waals surface area contributed by atoms with Crippen molar-refractivity contribution < 1.29 is 22.7 Å². The fourth-order valence-corrected chi connectivity index (χ4v) is 1.40. The van der Waals surface area contributed by atoms with Crippen LogP contribution in [0.4, 0.5) is 13.2 Å². The first-order valence-electron chi connectivity index (χ1n) is 5.64. The molecule has 6 heteroatoms. The van der Waals surface area contributed by atoms with Crippen molar-refractivity contribution in [3.05, 3.63) is 0 Å². The van der Waals surface area contributed by atoms with Gasteiger partial charge in [0.25, 0.3) is 0 Å². The second-order valence-corrected chi connectivity index (χ2v) is 4.29. The van der Waals surface area contributed by atoms with Crippen LogP contribution in [0.15, 0.2) is 0 Å². The number of halogens is 3. The summed E-state index contributed by atoms with van der Waals surface area (Å²) in [5.74, 6) is -1.01. The Morgan fingerprint density at radius 1 is 1.29 bits per heavy atom. The van der Waals surface area contributed by atoms with Crippen LogP contribution in [0.5, 0.6) is 0 Å². The summed E-state index contributed by atoms with van der Waals surface area (Å²) < 4.78 is 41.7. The number of nitrogens with zero attached hydrogens (tertiary/aromatic N) is 1. The normalized spacial score (nSPS) is 14.2. The van der Waals surface area contributed by atoms with Gasteiger partial charge >= 0.3 is 12.1 Å². The first-order chi connectivity index (χ1) is 7.67. The van der Waals surface area contributed by atoms with Crippen molar-refractivity contribution in [2.24, 2.45) is 5.92 Å². The lowest BCUT2D eigenvalue weighted by Gasteiger charge is -2.29. The third-order valence-electron chi connectivity index (χ3n) is 2.31. The van der Waals surface area contributed by atoms with Crippen LogP contribution in [0, 0.1) is 5.92 Å². The highest BCUT2D eigenvalue weighted by Gasteiger charge is 2.33. The SMILES string of the molecule is CCOC(=O)C(C)CN(CC(F)(F)F)C(C)C. The summed E-state index contributed by atoms with van der Waals surface area (Å²) in [5, 5.41) is 0. The van der Waals surface area contributed by atoms with Gasteiger partial charge in [-0.25, -0.2) is 0 Å². The minimum Gasteiger partial charge on any atom is -0.466 e. The van der Waals surface area contributed by atoms with E-state index in [-0.39, 0.29) is 19.2 Å². The molecule has 0 aromatic carbocycles. The quantitative estimate of drug-likeness (QED) is 0.683. The highest BCUT2D eigenvalue weighted by atomic mass is 19.4. The molecular formula is C11H20F3NO2. The van der Waals surface area contributed by atoms with Crippen molar-refractivity contribution in [2.75, 3.05) is 19.7 Å². The lowest BCUT2D eigenvalue weighted by molar-refractivity contribution is -0.158. The van der Waals surface area contributed by atoms with Crippen molar-refractivity contribution in [2.45, 2.75) is 39.9 Å². The van der Waals surface area contributed by atoms with Gasteiger partial charge < -0.3 is 4.74 Å². The molecule has 0 radical (unpaired) electrons. The van der Waals surface area contributed by atoms with Crippen LogP contribution in [0.3, 0.4) is 0 Å². The Balaban J connectivity index is 4.40. The summed E-state index contributed by atoms with van der Waals surface area (Å²) in [7, 11) is 0. The van der Waals surface area contributed by atoms with Crippen LogP contribution in [0.1, 0.15) is 27.7 Å². The third-order valence-corrected chi connectivity index (χ3v) is 2.31. The minimum atomic E-state index is -4.25. The van der Waals surface area contributed by atoms with E-state index in [1.807, 2.05) is 0 Å². The number of hydrogen-bond acceptors (Lipinski definition) is 3. The standard InChI is InChI=1S/C11H20F3NO2/c1-5-17-10(16)9(4)6-15(8(2)3)7-11(12,13)14/h8-9H,5-7H2,1-4H3. The van der Waals surface area contributed by atoms with Gasteiger partial charge in [-0.15, -0.1) is 0 Å². The summed E-state index contributed by atoms with van der Waals surface area (Å²) in [5.41, 5.74) is 0. The van der Waals surface area contributed by atoms with Crippen molar-refractivity contribution in [1.82, 2.24) is 4.90 Å². The highest BCUT2D eigenvalue weighted by Crippen LogP contribution is 2.19. The lowest BCUT2D eigenvalue weighted by Crippen LogP contribution is -2.43. The topological polar surface area (TPSA) is 29.5 Å². The molecule has 17 heavy (non-hydrogen) atoms. The zero-order valence-corrected chi connectivity index (χ0v) is 10.7. The smallest absolute Gasteiger partial charge is 0.401 e. The summed E-state index contributed by atoms with van der Waals surface area (Å²) in [6.07, 6.45) is -4.25. The molecule has 0 aromatic rings. The maximum Gasteiger partial charge on any atom is 0.401 e. The molecule has 0 saturated carbocycles. The number of esters is 1. The summed E-state index contributed by atoms with van der Waals surface area (Å²) in [6.45, 7) is 5.87. The zero-order valence-electron chi connectivity index (χ0n) is 10.7. The van der Waals surface area contributed by atoms with E-state index < -0.39 is 24.6 Å². The van der Waals surface area contributed by atoms with E-state index in [9.17, 15) is 18.0 Å². The van der Waals surface area contributed by atoms with Gasteiger partial charge in [-0.05, 0) is 20.8 Å². The molecule has 1 unspecified atom stereocenters. The Morgan fingerprint density at radius 3 is 2.18 bits per heavy atom. The Hall–Kier alpha value is -0.780. The van der Waals surface area contributed by atoms with E-state index in [0.717, 1.165) is 0 Å². The molecule has 0 aliphatic heterocycles. The molecule has 0 N–H and O–H groups in total.